The predicted octanol–water partition coefficient (Wildman–Crippen LogP) is 4.46. The number of nitrogens with two attached hydrogens (primary N) is 1. The summed E-state index contributed by atoms with van der Waals surface area (Å²) < 4.78 is 16.5. The fraction of sp³-hybridized carbons (Fsp3) is 0.750. The Balaban J connectivity index is 0.00000648. The minimum absolute atomic E-state index is 0. The van der Waals surface area contributed by atoms with Crippen molar-refractivity contribution in [2.75, 3.05) is 40.5 Å². The summed E-state index contributed by atoms with van der Waals surface area (Å²) in [6, 6.07) is 5.65. The summed E-state index contributed by atoms with van der Waals surface area (Å²) in [7, 11) is 3.33. The Kier molecular flexibility index (Phi) is 14.1. The zero-order valence-corrected chi connectivity index (χ0v) is 23.9. The monoisotopic (exact) mass is 528 g/mol. The SMILES string of the molecule is COCCCOc1cc(CC(CC(N)C(O)CN2CCCCC(C)(C)C2=O)C(C)C)ccc1OC.Cl. The number of benzene rings is 1. The van der Waals surface area contributed by atoms with Gasteiger partial charge in [0, 0.05) is 44.7 Å². The lowest BCUT2D eigenvalue weighted by molar-refractivity contribution is -0.141. The van der Waals surface area contributed by atoms with Crippen LogP contribution in [0, 0.1) is 17.3 Å². The van der Waals surface area contributed by atoms with Crippen molar-refractivity contribution in [2.45, 2.75) is 78.4 Å². The first-order valence-corrected chi connectivity index (χ1v) is 13.1. The van der Waals surface area contributed by atoms with E-state index in [-0.39, 0.29) is 29.6 Å². The van der Waals surface area contributed by atoms with Crippen LogP contribution in [0.4, 0.5) is 0 Å². The van der Waals surface area contributed by atoms with Gasteiger partial charge < -0.3 is 30.0 Å². The molecule has 0 radical (unpaired) electrons. The number of aliphatic hydroxyl groups excluding tert-OH is 1. The Morgan fingerprint density at radius 3 is 2.50 bits per heavy atom. The third kappa shape index (κ3) is 9.73. The normalized spacial score (nSPS) is 18.2. The van der Waals surface area contributed by atoms with Crippen LogP contribution in [0.5, 0.6) is 11.5 Å². The molecule has 1 aliphatic heterocycles. The van der Waals surface area contributed by atoms with E-state index < -0.39 is 12.1 Å². The van der Waals surface area contributed by atoms with Crippen LogP contribution in [0.1, 0.15) is 65.4 Å². The number of methoxy groups -OCH3 is 2. The highest BCUT2D eigenvalue weighted by Crippen LogP contribution is 2.32. The molecule has 8 heteroatoms. The zero-order valence-electron chi connectivity index (χ0n) is 23.1. The number of carbonyl (C=O) groups excluding carboxylic acids is 1. The number of nitrogens with zero attached hydrogens (tertiary/aromatic N) is 1. The van der Waals surface area contributed by atoms with E-state index in [9.17, 15) is 9.90 Å². The molecule has 36 heavy (non-hydrogen) atoms. The fourth-order valence-corrected chi connectivity index (χ4v) is 4.79. The van der Waals surface area contributed by atoms with Crippen molar-refractivity contribution < 1.29 is 24.1 Å². The molecule has 1 aromatic carbocycles. The van der Waals surface area contributed by atoms with Gasteiger partial charge in [0.1, 0.15) is 0 Å². The summed E-state index contributed by atoms with van der Waals surface area (Å²) >= 11 is 0. The quantitative estimate of drug-likeness (QED) is 0.346. The number of aliphatic hydroxyl groups is 1. The molecule has 0 aliphatic carbocycles. The van der Waals surface area contributed by atoms with Crippen molar-refractivity contribution in [1.82, 2.24) is 4.90 Å². The molecule has 2 rings (SSSR count). The summed E-state index contributed by atoms with van der Waals surface area (Å²) in [6.07, 6.45) is 4.46. The van der Waals surface area contributed by atoms with Gasteiger partial charge in [0.25, 0.3) is 0 Å². The fourth-order valence-electron chi connectivity index (χ4n) is 4.79. The van der Waals surface area contributed by atoms with Gasteiger partial charge in [-0.25, -0.2) is 0 Å². The molecule has 1 saturated heterocycles. The molecule has 1 aromatic rings. The second-order valence-electron chi connectivity index (χ2n) is 10.9. The molecule has 0 bridgehead atoms. The molecule has 7 nitrogen and oxygen atoms in total. The first kappa shape index (κ1) is 32.5. The van der Waals surface area contributed by atoms with E-state index >= 15 is 0 Å². The minimum Gasteiger partial charge on any atom is -0.493 e. The number of β-amino-alcohol motifs (C(OH)–C–C–N with tert-alkyl or cyclic N) is 1. The molecular formula is C28H49ClN2O5. The number of hydrogen-bond acceptors (Lipinski definition) is 6. The van der Waals surface area contributed by atoms with Crippen LogP contribution in [-0.2, 0) is 16.0 Å². The number of likely N-dealkylation sites (tertiary alicyclic amines) is 1. The van der Waals surface area contributed by atoms with Crippen molar-refractivity contribution in [1.29, 1.82) is 0 Å². The van der Waals surface area contributed by atoms with Crippen LogP contribution in [0.2, 0.25) is 0 Å². The minimum atomic E-state index is -0.746. The second kappa shape index (κ2) is 15.7. The standard InChI is InChI=1S/C28H48N2O5.ClH/c1-20(2)22(16-21-10-11-25(34-6)26(17-21)35-15-9-14-33-5)18-23(29)24(31)19-30-13-8-7-12-28(3,4)27(30)32;/h10-11,17,20,22-24,31H,7-9,12-16,18-19,29H2,1-6H3;1H. The number of amides is 1. The predicted molar refractivity (Wildman–Crippen MR) is 147 cm³/mol. The molecule has 0 spiro atoms. The van der Waals surface area contributed by atoms with E-state index in [1.165, 1.54) is 0 Å². The van der Waals surface area contributed by atoms with Crippen molar-refractivity contribution in [2.24, 2.45) is 23.0 Å². The Hall–Kier alpha value is -1.54. The molecule has 3 unspecified atom stereocenters. The summed E-state index contributed by atoms with van der Waals surface area (Å²) in [5, 5.41) is 10.9. The van der Waals surface area contributed by atoms with Gasteiger partial charge in [-0.15, -0.1) is 12.4 Å². The maximum absolute atomic E-state index is 12.9. The van der Waals surface area contributed by atoms with Crippen molar-refractivity contribution in [3.8, 4) is 11.5 Å². The van der Waals surface area contributed by atoms with E-state index in [0.717, 1.165) is 43.4 Å². The lowest BCUT2D eigenvalue weighted by Gasteiger charge is -2.33. The zero-order chi connectivity index (χ0) is 26.0. The highest BCUT2D eigenvalue weighted by atomic mass is 35.5. The first-order chi connectivity index (χ1) is 16.6. The summed E-state index contributed by atoms with van der Waals surface area (Å²) in [5.74, 6) is 2.24. The lowest BCUT2D eigenvalue weighted by atomic mass is 9.83. The van der Waals surface area contributed by atoms with Crippen molar-refractivity contribution in [3.05, 3.63) is 23.8 Å². The summed E-state index contributed by atoms with van der Waals surface area (Å²) in [5.41, 5.74) is 7.28. The largest absolute Gasteiger partial charge is 0.493 e. The average molecular weight is 529 g/mol. The van der Waals surface area contributed by atoms with Gasteiger partial charge >= 0.3 is 0 Å². The van der Waals surface area contributed by atoms with Crippen LogP contribution >= 0.6 is 12.4 Å². The third-order valence-corrected chi connectivity index (χ3v) is 7.24. The Bertz CT molecular complexity index is 789. The van der Waals surface area contributed by atoms with E-state index in [4.69, 9.17) is 19.9 Å². The number of halogens is 1. The Morgan fingerprint density at radius 2 is 1.86 bits per heavy atom. The molecule has 0 saturated carbocycles. The Morgan fingerprint density at radius 1 is 1.14 bits per heavy atom. The van der Waals surface area contributed by atoms with Gasteiger partial charge in [0.05, 0.1) is 19.8 Å². The van der Waals surface area contributed by atoms with E-state index in [1.807, 2.05) is 30.9 Å². The van der Waals surface area contributed by atoms with Crippen LogP contribution in [-0.4, -0.2) is 68.6 Å². The number of ether oxygens (including phenoxy) is 3. The maximum Gasteiger partial charge on any atom is 0.228 e. The third-order valence-electron chi connectivity index (χ3n) is 7.24. The Labute approximate surface area is 224 Å². The molecule has 0 aromatic heterocycles. The molecular weight excluding hydrogens is 480 g/mol. The summed E-state index contributed by atoms with van der Waals surface area (Å²) in [6.45, 7) is 10.6. The molecule has 3 atom stereocenters. The van der Waals surface area contributed by atoms with Gasteiger partial charge in [-0.1, -0.05) is 40.2 Å². The molecule has 1 heterocycles. The molecule has 1 amide bonds. The summed E-state index contributed by atoms with van der Waals surface area (Å²) in [4.78, 5) is 14.8. The molecule has 1 fully saturated rings. The molecule has 208 valence electrons. The van der Waals surface area contributed by atoms with Crippen LogP contribution in [0.3, 0.4) is 0 Å². The smallest absolute Gasteiger partial charge is 0.228 e. The average Bonchev–Trinajstić information content (AvgIpc) is 2.94. The number of carbonyl (C=O) groups is 1. The van der Waals surface area contributed by atoms with Gasteiger partial charge in [-0.3, -0.25) is 4.79 Å². The molecule has 3 N–H and O–H groups in total. The van der Waals surface area contributed by atoms with Gasteiger partial charge in [-0.05, 0) is 55.2 Å². The highest BCUT2D eigenvalue weighted by molar-refractivity contribution is 5.85. The van der Waals surface area contributed by atoms with Crippen molar-refractivity contribution >= 4 is 18.3 Å². The van der Waals surface area contributed by atoms with Crippen LogP contribution in [0.15, 0.2) is 18.2 Å². The second-order valence-corrected chi connectivity index (χ2v) is 10.9. The van der Waals surface area contributed by atoms with Crippen LogP contribution in [0.25, 0.3) is 0 Å². The van der Waals surface area contributed by atoms with Gasteiger partial charge in [0.2, 0.25) is 5.91 Å². The van der Waals surface area contributed by atoms with Crippen LogP contribution < -0.4 is 15.2 Å². The number of hydrogen-bond donors (Lipinski definition) is 2. The van der Waals surface area contributed by atoms with Gasteiger partial charge in [-0.2, -0.15) is 0 Å². The molecule has 1 aliphatic rings. The lowest BCUT2D eigenvalue weighted by Crippen LogP contribution is -2.49. The van der Waals surface area contributed by atoms with Gasteiger partial charge in [0.15, 0.2) is 11.5 Å². The maximum atomic E-state index is 12.9. The van der Waals surface area contributed by atoms with E-state index in [0.29, 0.717) is 44.4 Å². The van der Waals surface area contributed by atoms with E-state index in [2.05, 4.69) is 19.9 Å². The first-order valence-electron chi connectivity index (χ1n) is 13.1. The highest BCUT2D eigenvalue weighted by Gasteiger charge is 2.35. The van der Waals surface area contributed by atoms with E-state index in [1.54, 1.807) is 14.2 Å². The van der Waals surface area contributed by atoms with Crippen molar-refractivity contribution in [3.63, 3.8) is 0 Å². The topological polar surface area (TPSA) is 94.3 Å². The number of rotatable bonds is 14.